The van der Waals surface area contributed by atoms with Gasteiger partial charge in [-0.1, -0.05) is 24.3 Å². The maximum atomic E-state index is 12.0. The Bertz CT molecular complexity index is 715. The minimum absolute atomic E-state index is 0.0532. The number of hydrogen-bond donors (Lipinski definition) is 1. The maximum Gasteiger partial charge on any atom is 0.269 e. The van der Waals surface area contributed by atoms with Gasteiger partial charge in [0, 0.05) is 37.8 Å². The number of pyridine rings is 1. The van der Waals surface area contributed by atoms with Gasteiger partial charge >= 0.3 is 0 Å². The molecule has 0 aliphatic carbocycles. The first-order valence-electron chi connectivity index (χ1n) is 7.73. The first kappa shape index (κ1) is 15.2. The van der Waals surface area contributed by atoms with Crippen LogP contribution in [0.2, 0.25) is 0 Å². The average molecular weight is 309 g/mol. The van der Waals surface area contributed by atoms with Crippen LogP contribution < -0.4 is 10.2 Å². The highest BCUT2D eigenvalue weighted by molar-refractivity contribution is 5.94. The van der Waals surface area contributed by atoms with Gasteiger partial charge in [-0.25, -0.2) is 0 Å². The van der Waals surface area contributed by atoms with Gasteiger partial charge in [-0.05, 0) is 30.2 Å². The second-order valence-electron chi connectivity index (χ2n) is 5.64. The second kappa shape index (κ2) is 6.60. The van der Waals surface area contributed by atoms with Gasteiger partial charge in [-0.15, -0.1) is 0 Å². The number of fused-ring (bicyclic) bond motifs is 1. The molecule has 1 aliphatic heterocycles. The highest BCUT2D eigenvalue weighted by atomic mass is 16.2. The molecule has 1 aromatic carbocycles. The van der Waals surface area contributed by atoms with Crippen molar-refractivity contribution in [2.75, 3.05) is 18.0 Å². The van der Waals surface area contributed by atoms with Crippen LogP contribution in [0, 0.1) is 0 Å². The van der Waals surface area contributed by atoms with E-state index in [-0.39, 0.29) is 17.7 Å². The third-order valence-corrected chi connectivity index (χ3v) is 4.13. The van der Waals surface area contributed by atoms with Crippen LogP contribution in [0.1, 0.15) is 35.3 Å². The molecule has 2 heterocycles. The Kier molecular flexibility index (Phi) is 4.37. The van der Waals surface area contributed by atoms with Gasteiger partial charge in [-0.3, -0.25) is 14.6 Å². The summed E-state index contributed by atoms with van der Waals surface area (Å²) >= 11 is 0. The Balaban J connectivity index is 1.61. The fourth-order valence-electron chi connectivity index (χ4n) is 2.99. The molecule has 0 saturated carbocycles. The van der Waals surface area contributed by atoms with Crippen molar-refractivity contribution in [3.8, 4) is 0 Å². The minimum Gasteiger partial charge on any atom is -0.351 e. The van der Waals surface area contributed by atoms with E-state index in [0.717, 1.165) is 12.1 Å². The molecular weight excluding hydrogens is 290 g/mol. The number of carbonyl (C=O) groups is 2. The van der Waals surface area contributed by atoms with Crippen molar-refractivity contribution < 1.29 is 9.59 Å². The van der Waals surface area contributed by atoms with Gasteiger partial charge in [0.15, 0.2) is 0 Å². The Morgan fingerprint density at radius 1 is 1.22 bits per heavy atom. The van der Waals surface area contributed by atoms with Crippen molar-refractivity contribution in [1.82, 2.24) is 10.3 Å². The van der Waals surface area contributed by atoms with Crippen molar-refractivity contribution >= 4 is 17.5 Å². The molecule has 23 heavy (non-hydrogen) atoms. The standard InChI is InChI=1S/C18H19N3O2/c1-13(22)21-12-14(15-6-2-3-8-17(15)21)9-11-20-18(23)16-7-4-5-10-19-16/h2-8,10,14H,9,11-12H2,1H3,(H,20,23). The average Bonchev–Trinajstić information content (AvgIpc) is 2.95. The third-order valence-electron chi connectivity index (χ3n) is 4.13. The van der Waals surface area contributed by atoms with Gasteiger partial charge < -0.3 is 10.2 Å². The highest BCUT2D eigenvalue weighted by Gasteiger charge is 2.30. The summed E-state index contributed by atoms with van der Waals surface area (Å²) in [4.78, 5) is 29.6. The van der Waals surface area contributed by atoms with E-state index in [0.29, 0.717) is 18.8 Å². The molecule has 2 amide bonds. The fraction of sp³-hybridized carbons (Fsp3) is 0.278. The van der Waals surface area contributed by atoms with E-state index in [2.05, 4.69) is 16.4 Å². The molecule has 118 valence electrons. The number of anilines is 1. The number of aromatic nitrogens is 1. The summed E-state index contributed by atoms with van der Waals surface area (Å²) in [6.45, 7) is 2.82. The van der Waals surface area contributed by atoms with Gasteiger partial charge in [0.2, 0.25) is 5.91 Å². The number of amides is 2. The number of nitrogens with zero attached hydrogens (tertiary/aromatic N) is 2. The van der Waals surface area contributed by atoms with Crippen LogP contribution in [0.15, 0.2) is 48.7 Å². The summed E-state index contributed by atoms with van der Waals surface area (Å²) in [5, 5.41) is 2.90. The van der Waals surface area contributed by atoms with Gasteiger partial charge in [0.1, 0.15) is 5.69 Å². The molecule has 3 rings (SSSR count). The molecule has 0 saturated heterocycles. The number of para-hydroxylation sites is 1. The molecular formula is C18H19N3O2. The second-order valence-corrected chi connectivity index (χ2v) is 5.64. The molecule has 1 aromatic heterocycles. The lowest BCUT2D eigenvalue weighted by molar-refractivity contribution is -0.116. The number of hydrogen-bond acceptors (Lipinski definition) is 3. The molecule has 0 spiro atoms. The zero-order valence-electron chi connectivity index (χ0n) is 13.0. The number of carbonyl (C=O) groups excluding carboxylic acids is 2. The van der Waals surface area contributed by atoms with Crippen LogP contribution in [0.25, 0.3) is 0 Å². The molecule has 1 atom stereocenters. The minimum atomic E-state index is -0.166. The first-order chi connectivity index (χ1) is 11.2. The lowest BCUT2D eigenvalue weighted by atomic mass is 9.98. The summed E-state index contributed by atoms with van der Waals surface area (Å²) in [5.74, 6) is 0.136. The molecule has 5 nitrogen and oxygen atoms in total. The molecule has 0 radical (unpaired) electrons. The summed E-state index contributed by atoms with van der Waals surface area (Å²) in [6.07, 6.45) is 2.40. The topological polar surface area (TPSA) is 62.3 Å². The summed E-state index contributed by atoms with van der Waals surface area (Å²) in [5.41, 5.74) is 2.58. The van der Waals surface area contributed by atoms with Crippen LogP contribution in [0.3, 0.4) is 0 Å². The SMILES string of the molecule is CC(=O)N1CC(CCNC(=O)c2ccccn2)c2ccccc21. The predicted molar refractivity (Wildman–Crippen MR) is 88.4 cm³/mol. The molecule has 5 heteroatoms. The Morgan fingerprint density at radius 2 is 2.00 bits per heavy atom. The van der Waals surface area contributed by atoms with Crippen LogP contribution in [-0.4, -0.2) is 29.9 Å². The van der Waals surface area contributed by atoms with Crippen LogP contribution >= 0.6 is 0 Å². The molecule has 1 unspecified atom stereocenters. The summed E-state index contributed by atoms with van der Waals surface area (Å²) < 4.78 is 0. The lowest BCUT2D eigenvalue weighted by Gasteiger charge is -2.15. The van der Waals surface area contributed by atoms with E-state index >= 15 is 0 Å². The fourth-order valence-corrected chi connectivity index (χ4v) is 2.99. The Morgan fingerprint density at radius 3 is 2.74 bits per heavy atom. The predicted octanol–water partition coefficient (Wildman–Crippen LogP) is 2.35. The monoisotopic (exact) mass is 309 g/mol. The van der Waals surface area contributed by atoms with Crippen molar-refractivity contribution in [3.63, 3.8) is 0 Å². The number of nitrogens with one attached hydrogen (secondary N) is 1. The highest BCUT2D eigenvalue weighted by Crippen LogP contribution is 2.37. The van der Waals surface area contributed by atoms with E-state index in [1.807, 2.05) is 18.2 Å². The number of rotatable bonds is 4. The van der Waals surface area contributed by atoms with E-state index in [4.69, 9.17) is 0 Å². The van der Waals surface area contributed by atoms with E-state index < -0.39 is 0 Å². The molecule has 1 aliphatic rings. The first-order valence-corrected chi connectivity index (χ1v) is 7.73. The van der Waals surface area contributed by atoms with Crippen LogP contribution in [0.5, 0.6) is 0 Å². The third kappa shape index (κ3) is 3.23. The van der Waals surface area contributed by atoms with E-state index in [1.54, 1.807) is 36.2 Å². The van der Waals surface area contributed by atoms with Crippen LogP contribution in [-0.2, 0) is 4.79 Å². The largest absolute Gasteiger partial charge is 0.351 e. The maximum absolute atomic E-state index is 12.0. The number of benzene rings is 1. The van der Waals surface area contributed by atoms with Crippen LogP contribution in [0.4, 0.5) is 5.69 Å². The van der Waals surface area contributed by atoms with Crippen molar-refractivity contribution in [3.05, 3.63) is 59.9 Å². The Hall–Kier alpha value is -2.69. The van der Waals surface area contributed by atoms with Crippen molar-refractivity contribution in [2.24, 2.45) is 0 Å². The van der Waals surface area contributed by atoms with Gasteiger partial charge in [0.25, 0.3) is 5.91 Å². The molecule has 0 bridgehead atoms. The van der Waals surface area contributed by atoms with E-state index in [1.165, 1.54) is 5.56 Å². The van der Waals surface area contributed by atoms with E-state index in [9.17, 15) is 9.59 Å². The summed E-state index contributed by atoms with van der Waals surface area (Å²) in [6, 6.07) is 13.2. The molecule has 0 fully saturated rings. The smallest absolute Gasteiger partial charge is 0.269 e. The van der Waals surface area contributed by atoms with Gasteiger partial charge in [-0.2, -0.15) is 0 Å². The van der Waals surface area contributed by atoms with Crippen molar-refractivity contribution in [2.45, 2.75) is 19.3 Å². The zero-order chi connectivity index (χ0) is 16.2. The Labute approximate surface area is 135 Å². The zero-order valence-corrected chi connectivity index (χ0v) is 13.0. The van der Waals surface area contributed by atoms with Crippen molar-refractivity contribution in [1.29, 1.82) is 0 Å². The molecule has 2 aromatic rings. The molecule has 1 N–H and O–H groups in total. The quantitative estimate of drug-likeness (QED) is 0.943. The van der Waals surface area contributed by atoms with Gasteiger partial charge in [0.05, 0.1) is 0 Å². The lowest BCUT2D eigenvalue weighted by Crippen LogP contribution is -2.29. The normalized spacial score (nSPS) is 16.0. The summed E-state index contributed by atoms with van der Waals surface area (Å²) in [7, 11) is 0.